The number of carbonyl (C=O) groups is 2. The molecule has 0 saturated carbocycles. The van der Waals surface area contributed by atoms with Gasteiger partial charge in [-0.1, -0.05) is 12.1 Å². The molecule has 1 aliphatic heterocycles. The molecule has 0 unspecified atom stereocenters. The second-order valence-corrected chi connectivity index (χ2v) is 3.52. The molecule has 0 spiro atoms. The van der Waals surface area contributed by atoms with E-state index < -0.39 is 6.03 Å². The van der Waals surface area contributed by atoms with Gasteiger partial charge < -0.3 is 4.98 Å². The molecular formula is C10H8N4O2. The van der Waals surface area contributed by atoms with Crippen molar-refractivity contribution in [3.05, 3.63) is 24.3 Å². The molecule has 2 heterocycles. The first kappa shape index (κ1) is 8.90. The van der Waals surface area contributed by atoms with Crippen LogP contribution in [0.1, 0.15) is 0 Å². The number of nitrogens with zero attached hydrogens (tertiary/aromatic N) is 2. The molecule has 1 aromatic heterocycles. The van der Waals surface area contributed by atoms with Crippen molar-refractivity contribution in [2.75, 3.05) is 11.4 Å². The molecule has 6 nitrogen and oxygen atoms in total. The molecule has 80 valence electrons. The van der Waals surface area contributed by atoms with Gasteiger partial charge >= 0.3 is 6.03 Å². The number of hydrogen-bond acceptors (Lipinski definition) is 3. The summed E-state index contributed by atoms with van der Waals surface area (Å²) in [6.07, 6.45) is 0. The van der Waals surface area contributed by atoms with Gasteiger partial charge in [-0.3, -0.25) is 15.0 Å². The predicted octanol–water partition coefficient (Wildman–Crippen LogP) is 0.619. The van der Waals surface area contributed by atoms with Crippen molar-refractivity contribution in [2.45, 2.75) is 0 Å². The van der Waals surface area contributed by atoms with Gasteiger partial charge in [0.05, 0.1) is 11.0 Å². The smallest absolute Gasteiger partial charge is 0.324 e. The first-order chi connectivity index (χ1) is 7.74. The van der Waals surface area contributed by atoms with Gasteiger partial charge in [-0.25, -0.2) is 9.78 Å². The van der Waals surface area contributed by atoms with Crippen LogP contribution in [0.5, 0.6) is 0 Å². The summed E-state index contributed by atoms with van der Waals surface area (Å²) in [5.74, 6) is 0.0787. The van der Waals surface area contributed by atoms with Crippen LogP contribution in [-0.2, 0) is 4.79 Å². The summed E-state index contributed by atoms with van der Waals surface area (Å²) >= 11 is 0. The van der Waals surface area contributed by atoms with Gasteiger partial charge in [0.1, 0.15) is 6.54 Å². The lowest BCUT2D eigenvalue weighted by atomic mass is 10.3. The van der Waals surface area contributed by atoms with E-state index in [1.165, 1.54) is 4.90 Å². The summed E-state index contributed by atoms with van der Waals surface area (Å²) in [6, 6.07) is 7.00. The molecule has 1 saturated heterocycles. The Bertz CT molecular complexity index is 556. The van der Waals surface area contributed by atoms with Crippen molar-refractivity contribution < 1.29 is 9.59 Å². The van der Waals surface area contributed by atoms with Crippen LogP contribution in [0.4, 0.5) is 10.7 Å². The van der Waals surface area contributed by atoms with E-state index in [1.807, 2.05) is 24.3 Å². The van der Waals surface area contributed by atoms with Crippen molar-refractivity contribution in [2.24, 2.45) is 0 Å². The summed E-state index contributed by atoms with van der Waals surface area (Å²) in [5, 5.41) is 2.20. The number of carbonyl (C=O) groups excluding carboxylic acids is 2. The number of imidazole rings is 1. The SMILES string of the molecule is O=C1CN(c2nc3ccccc3[nH]2)C(=O)N1. The number of urea groups is 1. The monoisotopic (exact) mass is 216 g/mol. The fourth-order valence-corrected chi connectivity index (χ4v) is 1.68. The molecule has 0 bridgehead atoms. The normalized spacial score (nSPS) is 15.9. The van der Waals surface area contributed by atoms with Crippen molar-refractivity contribution in [1.29, 1.82) is 0 Å². The highest BCUT2D eigenvalue weighted by molar-refractivity contribution is 6.11. The lowest BCUT2D eigenvalue weighted by Crippen LogP contribution is -2.28. The van der Waals surface area contributed by atoms with Gasteiger partial charge in [0, 0.05) is 0 Å². The number of rotatable bonds is 1. The summed E-state index contributed by atoms with van der Waals surface area (Å²) in [4.78, 5) is 30.9. The van der Waals surface area contributed by atoms with Gasteiger partial charge in [0.25, 0.3) is 0 Å². The third-order valence-corrected chi connectivity index (χ3v) is 2.43. The predicted molar refractivity (Wildman–Crippen MR) is 57.0 cm³/mol. The molecule has 1 aromatic carbocycles. The topological polar surface area (TPSA) is 78.1 Å². The van der Waals surface area contributed by atoms with Crippen LogP contribution in [0.2, 0.25) is 0 Å². The van der Waals surface area contributed by atoms with E-state index in [9.17, 15) is 9.59 Å². The molecular weight excluding hydrogens is 208 g/mol. The minimum Gasteiger partial charge on any atom is -0.324 e. The maximum absolute atomic E-state index is 11.4. The molecule has 2 N–H and O–H groups in total. The number of fused-ring (bicyclic) bond motifs is 1. The Morgan fingerprint density at radius 2 is 2.06 bits per heavy atom. The Balaban J connectivity index is 2.06. The van der Waals surface area contributed by atoms with Gasteiger partial charge in [0.15, 0.2) is 0 Å². The van der Waals surface area contributed by atoms with Crippen LogP contribution in [-0.4, -0.2) is 28.5 Å². The molecule has 6 heteroatoms. The van der Waals surface area contributed by atoms with Crippen molar-refractivity contribution in [3.63, 3.8) is 0 Å². The van der Waals surface area contributed by atoms with Crippen LogP contribution in [0, 0.1) is 0 Å². The van der Waals surface area contributed by atoms with Crippen LogP contribution in [0.3, 0.4) is 0 Å². The Labute approximate surface area is 90.3 Å². The number of hydrogen-bond donors (Lipinski definition) is 2. The average molecular weight is 216 g/mol. The van der Waals surface area contributed by atoms with E-state index in [1.54, 1.807) is 0 Å². The quantitative estimate of drug-likeness (QED) is 0.686. The zero-order valence-corrected chi connectivity index (χ0v) is 8.23. The number of benzene rings is 1. The number of nitrogens with one attached hydrogen (secondary N) is 2. The standard InChI is InChI=1S/C10H8N4O2/c15-8-5-14(10(16)13-8)9-11-6-3-1-2-4-7(6)12-9/h1-4H,5H2,(H,11,12)(H,13,15,16). The van der Waals surface area contributed by atoms with Gasteiger partial charge in [-0.2, -0.15) is 0 Å². The molecule has 1 fully saturated rings. The first-order valence-electron chi connectivity index (χ1n) is 4.80. The Kier molecular flexibility index (Phi) is 1.70. The van der Waals surface area contributed by atoms with Gasteiger partial charge in [-0.05, 0) is 12.1 Å². The minimum absolute atomic E-state index is 0.0126. The lowest BCUT2D eigenvalue weighted by Gasteiger charge is -2.07. The number of aromatic amines is 1. The highest BCUT2D eigenvalue weighted by Gasteiger charge is 2.29. The van der Waals surface area contributed by atoms with E-state index >= 15 is 0 Å². The maximum Gasteiger partial charge on any atom is 0.331 e. The molecule has 3 rings (SSSR count). The molecule has 1 aliphatic rings. The van der Waals surface area contributed by atoms with Gasteiger partial charge in [-0.15, -0.1) is 0 Å². The molecule has 0 atom stereocenters. The minimum atomic E-state index is -0.441. The Morgan fingerprint density at radius 3 is 2.75 bits per heavy atom. The van der Waals surface area contributed by atoms with Gasteiger partial charge in [0.2, 0.25) is 11.9 Å². The largest absolute Gasteiger partial charge is 0.331 e. The number of imide groups is 1. The molecule has 0 aliphatic carbocycles. The Morgan fingerprint density at radius 1 is 1.25 bits per heavy atom. The zero-order chi connectivity index (χ0) is 11.1. The fourth-order valence-electron chi connectivity index (χ4n) is 1.68. The first-order valence-corrected chi connectivity index (χ1v) is 4.80. The maximum atomic E-state index is 11.4. The molecule has 3 amide bonds. The Hall–Kier alpha value is -2.37. The number of H-pyrrole nitrogens is 1. The summed E-state index contributed by atoms with van der Waals surface area (Å²) in [7, 11) is 0. The third-order valence-electron chi connectivity index (χ3n) is 2.43. The second-order valence-electron chi connectivity index (χ2n) is 3.52. The summed E-state index contributed by atoms with van der Waals surface area (Å²) in [6.45, 7) is 0.0126. The molecule has 0 radical (unpaired) electrons. The summed E-state index contributed by atoms with van der Waals surface area (Å²) in [5.41, 5.74) is 1.61. The average Bonchev–Trinajstić information content (AvgIpc) is 2.81. The fraction of sp³-hybridized carbons (Fsp3) is 0.100. The number of para-hydroxylation sites is 2. The van der Waals surface area contributed by atoms with E-state index in [0.717, 1.165) is 11.0 Å². The van der Waals surface area contributed by atoms with Crippen molar-refractivity contribution >= 4 is 28.9 Å². The number of amides is 3. The third kappa shape index (κ3) is 1.23. The lowest BCUT2D eigenvalue weighted by molar-refractivity contribution is -0.117. The number of anilines is 1. The van der Waals surface area contributed by atoms with E-state index in [4.69, 9.17) is 0 Å². The van der Waals surface area contributed by atoms with Crippen molar-refractivity contribution in [1.82, 2.24) is 15.3 Å². The highest BCUT2D eigenvalue weighted by atomic mass is 16.2. The zero-order valence-electron chi connectivity index (χ0n) is 8.23. The molecule has 16 heavy (non-hydrogen) atoms. The summed E-state index contributed by atoms with van der Waals surface area (Å²) < 4.78 is 0. The van der Waals surface area contributed by atoms with Crippen molar-refractivity contribution in [3.8, 4) is 0 Å². The van der Waals surface area contributed by atoms with E-state index in [-0.39, 0.29) is 12.5 Å². The second kappa shape index (κ2) is 3.06. The number of aromatic nitrogens is 2. The molecule has 2 aromatic rings. The van der Waals surface area contributed by atoms with Crippen LogP contribution < -0.4 is 10.2 Å². The van der Waals surface area contributed by atoms with Crippen LogP contribution in [0.25, 0.3) is 11.0 Å². The van der Waals surface area contributed by atoms with Crippen LogP contribution >= 0.6 is 0 Å². The van der Waals surface area contributed by atoms with E-state index in [0.29, 0.717) is 5.95 Å². The van der Waals surface area contributed by atoms with Crippen LogP contribution in [0.15, 0.2) is 24.3 Å². The highest BCUT2D eigenvalue weighted by Crippen LogP contribution is 2.18. The van der Waals surface area contributed by atoms with E-state index in [2.05, 4.69) is 15.3 Å².